The summed E-state index contributed by atoms with van der Waals surface area (Å²) in [7, 11) is 1.42. The van der Waals surface area contributed by atoms with Gasteiger partial charge in [0.15, 0.2) is 5.78 Å². The topological polar surface area (TPSA) is 66.8 Å². The van der Waals surface area contributed by atoms with Gasteiger partial charge in [0.1, 0.15) is 22.8 Å². The summed E-state index contributed by atoms with van der Waals surface area (Å²) >= 11 is 0. The lowest BCUT2D eigenvalue weighted by Gasteiger charge is -2.17. The fourth-order valence-corrected chi connectivity index (χ4v) is 2.26. The third-order valence-electron chi connectivity index (χ3n) is 3.45. The van der Waals surface area contributed by atoms with E-state index >= 15 is 0 Å². The van der Waals surface area contributed by atoms with Gasteiger partial charge in [-0.1, -0.05) is 37.6 Å². The fraction of sp³-hybridized carbons (Fsp3) is 0.421. The Bertz CT molecular complexity index is 648. The van der Waals surface area contributed by atoms with Crippen LogP contribution in [0.1, 0.15) is 56.1 Å². The molecule has 0 amide bonds. The van der Waals surface area contributed by atoms with Gasteiger partial charge in [-0.25, -0.2) is 0 Å². The number of allylic oxidation sites excluding steroid dienone is 3. The van der Waals surface area contributed by atoms with Crippen molar-refractivity contribution in [2.45, 2.75) is 41.0 Å². The second-order valence-corrected chi connectivity index (χ2v) is 6.14. The van der Waals surface area contributed by atoms with Crippen molar-refractivity contribution in [3.05, 3.63) is 34.4 Å². The molecule has 1 rings (SSSR count). The first-order chi connectivity index (χ1) is 10.7. The Hall–Kier alpha value is -2.23. The molecule has 0 aliphatic carbocycles. The minimum Gasteiger partial charge on any atom is -0.507 e. The zero-order valence-electron chi connectivity index (χ0n) is 14.7. The lowest BCUT2D eigenvalue weighted by atomic mass is 9.95. The van der Waals surface area contributed by atoms with Gasteiger partial charge in [0.25, 0.3) is 0 Å². The summed E-state index contributed by atoms with van der Waals surface area (Å²) in [4.78, 5) is 12.0. The van der Waals surface area contributed by atoms with Crippen LogP contribution in [0.2, 0.25) is 0 Å². The Kier molecular flexibility index (Phi) is 6.43. The Morgan fingerprint density at radius 1 is 1.17 bits per heavy atom. The lowest BCUT2D eigenvalue weighted by Crippen LogP contribution is -2.04. The van der Waals surface area contributed by atoms with E-state index in [-0.39, 0.29) is 34.5 Å². The number of rotatable bonds is 6. The summed E-state index contributed by atoms with van der Waals surface area (Å²) in [5, 5.41) is 21.0. The Morgan fingerprint density at radius 3 is 2.22 bits per heavy atom. The van der Waals surface area contributed by atoms with Gasteiger partial charge in [0, 0.05) is 5.56 Å². The molecule has 0 fully saturated rings. The number of carbonyl (C=O) groups is 1. The van der Waals surface area contributed by atoms with Crippen LogP contribution in [0.15, 0.2) is 17.7 Å². The van der Waals surface area contributed by atoms with Crippen LogP contribution in [-0.2, 0) is 6.42 Å². The van der Waals surface area contributed by atoms with Crippen molar-refractivity contribution in [1.29, 1.82) is 0 Å². The summed E-state index contributed by atoms with van der Waals surface area (Å²) in [6.07, 6.45) is 5.87. The number of hydrogen-bond acceptors (Lipinski definition) is 4. The van der Waals surface area contributed by atoms with Gasteiger partial charge in [0.2, 0.25) is 0 Å². The molecular formula is C19H26O4. The van der Waals surface area contributed by atoms with Gasteiger partial charge in [-0.05, 0) is 33.1 Å². The zero-order chi connectivity index (χ0) is 17.7. The average Bonchev–Trinajstić information content (AvgIpc) is 2.44. The number of ketones is 1. The fourth-order valence-electron chi connectivity index (χ4n) is 2.26. The van der Waals surface area contributed by atoms with E-state index in [4.69, 9.17) is 4.74 Å². The van der Waals surface area contributed by atoms with Crippen molar-refractivity contribution >= 4 is 11.9 Å². The highest BCUT2D eigenvalue weighted by Crippen LogP contribution is 2.44. The molecule has 1 aromatic rings. The molecule has 126 valence electrons. The van der Waals surface area contributed by atoms with E-state index in [2.05, 4.69) is 0 Å². The predicted molar refractivity (Wildman–Crippen MR) is 93.3 cm³/mol. The van der Waals surface area contributed by atoms with Crippen LogP contribution in [0.4, 0.5) is 0 Å². The molecule has 0 saturated carbocycles. The highest BCUT2D eigenvalue weighted by molar-refractivity contribution is 6.02. The molecule has 0 bridgehead atoms. The number of benzene rings is 1. The number of carbonyl (C=O) groups excluding carboxylic acids is 1. The summed E-state index contributed by atoms with van der Waals surface area (Å²) in [5.74, 6) is -0.109. The molecule has 2 N–H and O–H groups in total. The molecule has 0 saturated heterocycles. The van der Waals surface area contributed by atoms with Crippen molar-refractivity contribution in [1.82, 2.24) is 0 Å². The van der Waals surface area contributed by atoms with E-state index < -0.39 is 0 Å². The van der Waals surface area contributed by atoms with Crippen LogP contribution in [0.25, 0.3) is 6.08 Å². The van der Waals surface area contributed by atoms with Gasteiger partial charge in [-0.2, -0.15) is 0 Å². The van der Waals surface area contributed by atoms with Crippen LogP contribution >= 0.6 is 0 Å². The number of hydrogen-bond donors (Lipinski definition) is 2. The molecule has 4 nitrogen and oxygen atoms in total. The third kappa shape index (κ3) is 4.38. The number of aromatic hydroxyl groups is 2. The minimum atomic E-state index is -0.308. The Labute approximate surface area is 138 Å². The summed E-state index contributed by atoms with van der Waals surface area (Å²) in [6.45, 7) is 9.26. The second-order valence-electron chi connectivity index (χ2n) is 6.14. The normalized spacial score (nSPS) is 11.1. The van der Waals surface area contributed by atoms with Gasteiger partial charge in [0.05, 0.1) is 12.7 Å². The van der Waals surface area contributed by atoms with Gasteiger partial charge in [-0.3, -0.25) is 4.79 Å². The smallest absolute Gasteiger partial charge is 0.167 e. The summed E-state index contributed by atoms with van der Waals surface area (Å²) in [5.41, 5.74) is 1.91. The molecule has 0 spiro atoms. The molecule has 0 atom stereocenters. The van der Waals surface area contributed by atoms with Gasteiger partial charge in [-0.15, -0.1) is 0 Å². The molecule has 0 aliphatic rings. The molecular weight excluding hydrogens is 292 g/mol. The number of Topliss-reactive ketones (excluding diaryl/α,β-unsaturated/α-hetero) is 1. The quantitative estimate of drug-likeness (QED) is 0.599. The van der Waals surface area contributed by atoms with E-state index in [1.54, 1.807) is 6.08 Å². The molecule has 4 heteroatoms. The van der Waals surface area contributed by atoms with Crippen molar-refractivity contribution < 1.29 is 19.7 Å². The van der Waals surface area contributed by atoms with Crippen LogP contribution in [-0.4, -0.2) is 23.1 Å². The largest absolute Gasteiger partial charge is 0.507 e. The number of phenolic OH excluding ortho intramolecular Hbond substituents is 2. The van der Waals surface area contributed by atoms with Crippen LogP contribution in [0, 0.1) is 5.92 Å². The molecule has 0 unspecified atom stereocenters. The molecule has 0 heterocycles. The second kappa shape index (κ2) is 7.86. The van der Waals surface area contributed by atoms with E-state index in [0.717, 1.165) is 5.57 Å². The third-order valence-corrected chi connectivity index (χ3v) is 3.45. The van der Waals surface area contributed by atoms with Gasteiger partial charge >= 0.3 is 0 Å². The monoisotopic (exact) mass is 318 g/mol. The highest BCUT2D eigenvalue weighted by atomic mass is 16.5. The molecule has 0 radical (unpaired) electrons. The Morgan fingerprint density at radius 2 is 1.78 bits per heavy atom. The Balaban J connectivity index is 3.72. The van der Waals surface area contributed by atoms with E-state index in [1.165, 1.54) is 14.0 Å². The van der Waals surface area contributed by atoms with Crippen LogP contribution in [0.5, 0.6) is 17.2 Å². The predicted octanol–water partition coefficient (Wildman–Crippen LogP) is 4.49. The lowest BCUT2D eigenvalue weighted by molar-refractivity contribution is 0.101. The first kappa shape index (κ1) is 18.8. The standard InChI is InChI=1S/C19H26O4/c1-11(2)7-9-14-17(21)15(10-8-12(3)4)19(23-6)16(13(5)20)18(14)22/h7-8,10,12,21-22H,9H2,1-6H3/b10-8-. The van der Waals surface area contributed by atoms with Crippen molar-refractivity contribution in [2.75, 3.05) is 7.11 Å². The average molecular weight is 318 g/mol. The van der Waals surface area contributed by atoms with E-state index in [0.29, 0.717) is 17.5 Å². The number of methoxy groups -OCH3 is 1. The van der Waals surface area contributed by atoms with E-state index in [9.17, 15) is 15.0 Å². The first-order valence-corrected chi connectivity index (χ1v) is 7.67. The number of ether oxygens (including phenoxy) is 1. The SMILES string of the molecule is COc1c(/C=C\C(C)C)c(O)c(CC=C(C)C)c(O)c1C(C)=O. The van der Waals surface area contributed by atoms with Gasteiger partial charge < -0.3 is 14.9 Å². The van der Waals surface area contributed by atoms with Crippen LogP contribution < -0.4 is 4.74 Å². The summed E-state index contributed by atoms with van der Waals surface area (Å²) in [6, 6.07) is 0. The molecule has 1 aromatic carbocycles. The molecule has 0 aromatic heterocycles. The highest BCUT2D eigenvalue weighted by Gasteiger charge is 2.25. The maximum absolute atomic E-state index is 12.0. The number of phenols is 2. The minimum absolute atomic E-state index is 0.0567. The van der Waals surface area contributed by atoms with Crippen molar-refractivity contribution in [2.24, 2.45) is 5.92 Å². The molecule has 23 heavy (non-hydrogen) atoms. The van der Waals surface area contributed by atoms with E-state index in [1.807, 2.05) is 39.8 Å². The van der Waals surface area contributed by atoms with Crippen LogP contribution in [0.3, 0.4) is 0 Å². The maximum Gasteiger partial charge on any atom is 0.167 e. The van der Waals surface area contributed by atoms with Crippen molar-refractivity contribution in [3.63, 3.8) is 0 Å². The zero-order valence-corrected chi connectivity index (χ0v) is 14.7. The first-order valence-electron chi connectivity index (χ1n) is 7.67. The van der Waals surface area contributed by atoms with Crippen molar-refractivity contribution in [3.8, 4) is 17.2 Å². The molecule has 0 aliphatic heterocycles. The maximum atomic E-state index is 12.0. The summed E-state index contributed by atoms with van der Waals surface area (Å²) < 4.78 is 5.30.